The Labute approximate surface area is 129 Å². The monoisotopic (exact) mass is 302 g/mol. The SMILES string of the molecule is O=C(O)c1cn(CC(O)CN2CCCCC2)c2ccccc12. The van der Waals surface area contributed by atoms with Gasteiger partial charge in [0.15, 0.2) is 0 Å². The zero-order valence-electron chi connectivity index (χ0n) is 12.6. The zero-order chi connectivity index (χ0) is 15.5. The molecule has 1 fully saturated rings. The zero-order valence-corrected chi connectivity index (χ0v) is 12.6. The van der Waals surface area contributed by atoms with Crippen LogP contribution in [0.4, 0.5) is 0 Å². The molecule has 1 unspecified atom stereocenters. The maximum atomic E-state index is 11.3. The molecule has 2 N–H and O–H groups in total. The first-order valence-corrected chi connectivity index (χ1v) is 7.87. The number of benzene rings is 1. The van der Waals surface area contributed by atoms with Gasteiger partial charge < -0.3 is 19.7 Å². The molecule has 0 bridgehead atoms. The van der Waals surface area contributed by atoms with Crippen molar-refractivity contribution in [2.45, 2.75) is 31.9 Å². The molecule has 0 saturated carbocycles. The fraction of sp³-hybridized carbons (Fsp3) is 0.471. The summed E-state index contributed by atoms with van der Waals surface area (Å²) in [6, 6.07) is 7.44. The van der Waals surface area contributed by atoms with E-state index in [4.69, 9.17) is 0 Å². The van der Waals surface area contributed by atoms with Gasteiger partial charge in [-0.1, -0.05) is 24.6 Å². The second-order valence-electron chi connectivity index (χ2n) is 6.03. The number of rotatable bonds is 5. The minimum Gasteiger partial charge on any atom is -0.478 e. The van der Waals surface area contributed by atoms with Crippen molar-refractivity contribution in [2.75, 3.05) is 19.6 Å². The van der Waals surface area contributed by atoms with E-state index in [1.807, 2.05) is 28.8 Å². The van der Waals surface area contributed by atoms with Crippen molar-refractivity contribution in [3.63, 3.8) is 0 Å². The summed E-state index contributed by atoms with van der Waals surface area (Å²) in [5, 5.41) is 20.4. The number of aromatic carboxylic acids is 1. The number of nitrogens with zero attached hydrogens (tertiary/aromatic N) is 2. The van der Waals surface area contributed by atoms with Crippen LogP contribution in [0.3, 0.4) is 0 Å². The van der Waals surface area contributed by atoms with Gasteiger partial charge in [0.05, 0.1) is 11.7 Å². The molecule has 3 rings (SSSR count). The van der Waals surface area contributed by atoms with Gasteiger partial charge in [-0.3, -0.25) is 0 Å². The van der Waals surface area contributed by atoms with E-state index >= 15 is 0 Å². The van der Waals surface area contributed by atoms with Crippen LogP contribution in [-0.4, -0.2) is 51.4 Å². The van der Waals surface area contributed by atoms with E-state index in [0.717, 1.165) is 24.0 Å². The summed E-state index contributed by atoms with van der Waals surface area (Å²) >= 11 is 0. The Balaban J connectivity index is 1.76. The number of likely N-dealkylation sites (tertiary alicyclic amines) is 1. The van der Waals surface area contributed by atoms with Crippen molar-refractivity contribution in [1.82, 2.24) is 9.47 Å². The van der Waals surface area contributed by atoms with Gasteiger partial charge in [-0.25, -0.2) is 4.79 Å². The normalized spacial score (nSPS) is 17.7. The second kappa shape index (κ2) is 6.50. The number of carboxylic acids is 1. The Kier molecular flexibility index (Phi) is 4.45. The number of para-hydroxylation sites is 1. The van der Waals surface area contributed by atoms with E-state index in [9.17, 15) is 15.0 Å². The number of aliphatic hydroxyl groups is 1. The Morgan fingerprint density at radius 3 is 2.59 bits per heavy atom. The number of aliphatic hydroxyl groups excluding tert-OH is 1. The van der Waals surface area contributed by atoms with Crippen LogP contribution in [0.2, 0.25) is 0 Å². The number of carboxylic acid groups (broad SMARTS) is 1. The summed E-state index contributed by atoms with van der Waals surface area (Å²) in [5.74, 6) is -0.930. The quantitative estimate of drug-likeness (QED) is 0.888. The van der Waals surface area contributed by atoms with Gasteiger partial charge in [0.25, 0.3) is 0 Å². The van der Waals surface area contributed by atoms with Gasteiger partial charge in [0.1, 0.15) is 0 Å². The van der Waals surface area contributed by atoms with Gasteiger partial charge in [0.2, 0.25) is 0 Å². The van der Waals surface area contributed by atoms with Crippen molar-refractivity contribution >= 4 is 16.9 Å². The van der Waals surface area contributed by atoms with Gasteiger partial charge >= 0.3 is 5.97 Å². The van der Waals surface area contributed by atoms with E-state index < -0.39 is 12.1 Å². The molecule has 0 aliphatic carbocycles. The molecule has 2 aromatic rings. The first-order chi connectivity index (χ1) is 10.6. The predicted octanol–water partition coefficient (Wildman–Crippen LogP) is 2.19. The number of fused-ring (bicyclic) bond motifs is 1. The smallest absolute Gasteiger partial charge is 0.337 e. The summed E-state index contributed by atoms with van der Waals surface area (Å²) in [4.78, 5) is 13.6. The van der Waals surface area contributed by atoms with E-state index in [0.29, 0.717) is 18.7 Å². The number of hydrogen-bond donors (Lipinski definition) is 2. The molecule has 1 aromatic carbocycles. The molecule has 5 heteroatoms. The highest BCUT2D eigenvalue weighted by Gasteiger charge is 2.18. The Hall–Kier alpha value is -1.85. The first kappa shape index (κ1) is 15.1. The van der Waals surface area contributed by atoms with Crippen molar-refractivity contribution in [2.24, 2.45) is 0 Å². The highest BCUT2D eigenvalue weighted by Crippen LogP contribution is 2.22. The number of hydrogen-bond acceptors (Lipinski definition) is 3. The Morgan fingerprint density at radius 2 is 1.86 bits per heavy atom. The van der Waals surface area contributed by atoms with E-state index in [-0.39, 0.29) is 0 Å². The van der Waals surface area contributed by atoms with Gasteiger partial charge in [0, 0.05) is 30.2 Å². The summed E-state index contributed by atoms with van der Waals surface area (Å²) in [7, 11) is 0. The highest BCUT2D eigenvalue weighted by molar-refractivity contribution is 6.03. The summed E-state index contributed by atoms with van der Waals surface area (Å²) < 4.78 is 1.85. The maximum Gasteiger partial charge on any atom is 0.337 e. The van der Waals surface area contributed by atoms with E-state index in [1.54, 1.807) is 6.20 Å². The molecule has 22 heavy (non-hydrogen) atoms. The Morgan fingerprint density at radius 1 is 1.14 bits per heavy atom. The number of β-amino-alcohol motifs (C(OH)–C–C–N with tert-alkyl or cyclic N) is 1. The predicted molar refractivity (Wildman–Crippen MR) is 85.2 cm³/mol. The Bertz CT molecular complexity index is 659. The summed E-state index contributed by atoms with van der Waals surface area (Å²) in [5.41, 5.74) is 1.15. The summed E-state index contributed by atoms with van der Waals surface area (Å²) in [6.45, 7) is 3.16. The number of piperidine rings is 1. The van der Waals surface area contributed by atoms with Gasteiger partial charge in [-0.2, -0.15) is 0 Å². The van der Waals surface area contributed by atoms with Crippen LogP contribution in [0.15, 0.2) is 30.5 Å². The molecule has 0 amide bonds. The van der Waals surface area contributed by atoms with Crippen LogP contribution in [0.25, 0.3) is 10.9 Å². The fourth-order valence-electron chi connectivity index (χ4n) is 3.29. The van der Waals surface area contributed by atoms with Crippen LogP contribution >= 0.6 is 0 Å². The van der Waals surface area contributed by atoms with Crippen LogP contribution < -0.4 is 0 Å². The third-order valence-electron chi connectivity index (χ3n) is 4.34. The van der Waals surface area contributed by atoms with Crippen molar-refractivity contribution in [1.29, 1.82) is 0 Å². The summed E-state index contributed by atoms with van der Waals surface area (Å²) in [6.07, 6.45) is 4.81. The van der Waals surface area contributed by atoms with Crippen LogP contribution in [0.5, 0.6) is 0 Å². The van der Waals surface area contributed by atoms with E-state index in [1.165, 1.54) is 19.3 Å². The molecule has 5 nitrogen and oxygen atoms in total. The van der Waals surface area contributed by atoms with Crippen LogP contribution in [0.1, 0.15) is 29.6 Å². The molecule has 1 aromatic heterocycles. The number of aromatic nitrogens is 1. The highest BCUT2D eigenvalue weighted by atomic mass is 16.4. The average Bonchev–Trinajstić information content (AvgIpc) is 2.87. The first-order valence-electron chi connectivity index (χ1n) is 7.87. The third-order valence-corrected chi connectivity index (χ3v) is 4.34. The molecule has 118 valence electrons. The lowest BCUT2D eigenvalue weighted by atomic mass is 10.1. The molecule has 1 saturated heterocycles. The molecular weight excluding hydrogens is 280 g/mol. The van der Waals surface area contributed by atoms with Crippen molar-refractivity contribution in [3.8, 4) is 0 Å². The molecule has 0 spiro atoms. The standard InChI is InChI=1S/C17H22N2O3/c20-13(10-18-8-4-1-5-9-18)11-19-12-15(17(21)22)14-6-2-3-7-16(14)19/h2-3,6-7,12-13,20H,1,4-5,8-11H2,(H,21,22). The molecule has 1 aliphatic rings. The van der Waals surface area contributed by atoms with E-state index in [2.05, 4.69) is 4.90 Å². The van der Waals surface area contributed by atoms with Gasteiger partial charge in [-0.15, -0.1) is 0 Å². The molecule has 1 aliphatic heterocycles. The maximum absolute atomic E-state index is 11.3. The lowest BCUT2D eigenvalue weighted by Crippen LogP contribution is -2.37. The topological polar surface area (TPSA) is 65.7 Å². The lowest BCUT2D eigenvalue weighted by molar-refractivity contribution is 0.0697. The molecule has 0 radical (unpaired) electrons. The molecule has 1 atom stereocenters. The van der Waals surface area contributed by atoms with Crippen molar-refractivity contribution < 1.29 is 15.0 Å². The lowest BCUT2D eigenvalue weighted by Gasteiger charge is -2.28. The van der Waals surface area contributed by atoms with Gasteiger partial charge in [-0.05, 0) is 32.0 Å². The molecule has 2 heterocycles. The minimum atomic E-state index is -0.930. The third kappa shape index (κ3) is 3.15. The second-order valence-corrected chi connectivity index (χ2v) is 6.03. The fourth-order valence-corrected chi connectivity index (χ4v) is 3.29. The number of carbonyl (C=O) groups is 1. The average molecular weight is 302 g/mol. The minimum absolute atomic E-state index is 0.292. The van der Waals surface area contributed by atoms with Crippen LogP contribution in [-0.2, 0) is 6.54 Å². The van der Waals surface area contributed by atoms with Crippen LogP contribution in [0, 0.1) is 0 Å². The largest absolute Gasteiger partial charge is 0.478 e. The molecular formula is C17H22N2O3. The van der Waals surface area contributed by atoms with Crippen molar-refractivity contribution in [3.05, 3.63) is 36.0 Å².